The van der Waals surface area contributed by atoms with Crippen LogP contribution in [0.25, 0.3) is 0 Å². The van der Waals surface area contributed by atoms with Crippen molar-refractivity contribution in [3.63, 3.8) is 0 Å². The predicted molar refractivity (Wildman–Crippen MR) is 85.0 cm³/mol. The summed E-state index contributed by atoms with van der Waals surface area (Å²) in [5.74, 6) is 2.25. The Morgan fingerprint density at radius 2 is 1.55 bits per heavy atom. The predicted octanol–water partition coefficient (Wildman–Crippen LogP) is 4.01. The Labute approximate surface area is 128 Å². The summed E-state index contributed by atoms with van der Waals surface area (Å²) < 4.78 is 11.0. The van der Waals surface area contributed by atoms with E-state index in [-0.39, 0.29) is 18.4 Å². The van der Waals surface area contributed by atoms with Crippen LogP contribution in [0.15, 0.2) is 12.1 Å². The summed E-state index contributed by atoms with van der Waals surface area (Å²) in [6, 6.07) is 4.09. The lowest BCUT2D eigenvalue weighted by Gasteiger charge is -2.29. The van der Waals surface area contributed by atoms with Crippen molar-refractivity contribution in [3.8, 4) is 11.5 Å². The monoisotopic (exact) mass is 299 g/mol. The molecule has 4 heteroatoms. The van der Waals surface area contributed by atoms with Gasteiger partial charge in [0.1, 0.15) is 11.5 Å². The average molecular weight is 300 g/mol. The zero-order valence-corrected chi connectivity index (χ0v) is 13.5. The topological polar surface area (TPSA) is 44.5 Å². The van der Waals surface area contributed by atoms with E-state index >= 15 is 0 Å². The summed E-state index contributed by atoms with van der Waals surface area (Å²) in [5.41, 5.74) is 8.68. The van der Waals surface area contributed by atoms with E-state index < -0.39 is 0 Å². The first-order valence-corrected chi connectivity index (χ1v) is 7.15. The molecular weight excluding hydrogens is 274 g/mol. The van der Waals surface area contributed by atoms with Gasteiger partial charge < -0.3 is 15.2 Å². The van der Waals surface area contributed by atoms with E-state index in [4.69, 9.17) is 15.2 Å². The third-order valence-electron chi connectivity index (χ3n) is 4.18. The maximum absolute atomic E-state index is 6.51. The molecule has 1 aliphatic rings. The molecule has 20 heavy (non-hydrogen) atoms. The molecule has 0 aliphatic heterocycles. The second-order valence-corrected chi connectivity index (χ2v) is 5.51. The molecule has 0 radical (unpaired) electrons. The molecule has 0 bridgehead atoms. The van der Waals surface area contributed by atoms with Crippen molar-refractivity contribution >= 4 is 12.4 Å². The van der Waals surface area contributed by atoms with Crippen LogP contribution in [0.5, 0.6) is 11.5 Å². The lowest BCUT2D eigenvalue weighted by molar-refractivity contribution is 0.292. The van der Waals surface area contributed by atoms with Crippen molar-refractivity contribution in [3.05, 3.63) is 23.3 Å². The van der Waals surface area contributed by atoms with Gasteiger partial charge >= 0.3 is 0 Å². The first kappa shape index (κ1) is 17.1. The van der Waals surface area contributed by atoms with Gasteiger partial charge in [-0.15, -0.1) is 12.4 Å². The number of halogens is 1. The number of aryl methyl sites for hydroxylation is 1. The Kier molecular flexibility index (Phi) is 6.63. The van der Waals surface area contributed by atoms with Crippen LogP contribution in [-0.4, -0.2) is 14.2 Å². The molecule has 0 unspecified atom stereocenters. The third-order valence-corrected chi connectivity index (χ3v) is 4.18. The minimum Gasteiger partial charge on any atom is -0.496 e. The number of ether oxygens (including phenoxy) is 2. The van der Waals surface area contributed by atoms with Gasteiger partial charge in [0.2, 0.25) is 0 Å². The van der Waals surface area contributed by atoms with E-state index in [9.17, 15) is 0 Å². The summed E-state index contributed by atoms with van der Waals surface area (Å²) in [7, 11) is 3.40. The van der Waals surface area contributed by atoms with E-state index in [1.165, 1.54) is 32.1 Å². The highest BCUT2D eigenvalue weighted by Gasteiger charge is 2.27. The number of hydrogen-bond donors (Lipinski definition) is 1. The number of benzene rings is 1. The molecule has 0 amide bonds. The van der Waals surface area contributed by atoms with Gasteiger partial charge in [0.25, 0.3) is 0 Å². The summed E-state index contributed by atoms with van der Waals surface area (Å²) >= 11 is 0. The van der Waals surface area contributed by atoms with Gasteiger partial charge in [0, 0.05) is 6.04 Å². The van der Waals surface area contributed by atoms with Crippen LogP contribution in [0.3, 0.4) is 0 Å². The highest BCUT2D eigenvalue weighted by Crippen LogP contribution is 2.41. The Bertz CT molecular complexity index is 405. The summed E-state index contributed by atoms with van der Waals surface area (Å²) in [5, 5.41) is 0. The lowest BCUT2D eigenvalue weighted by atomic mass is 9.81. The number of methoxy groups -OCH3 is 2. The minimum atomic E-state index is 0. The smallest absolute Gasteiger partial charge is 0.127 e. The molecule has 1 saturated carbocycles. The molecular formula is C16H26ClNO2. The average Bonchev–Trinajstić information content (AvgIpc) is 2.46. The van der Waals surface area contributed by atoms with E-state index in [0.717, 1.165) is 22.6 Å². The quantitative estimate of drug-likeness (QED) is 0.913. The highest BCUT2D eigenvalue weighted by atomic mass is 35.5. The highest BCUT2D eigenvalue weighted by molar-refractivity contribution is 5.85. The molecule has 1 aromatic rings. The van der Waals surface area contributed by atoms with Gasteiger partial charge in [-0.25, -0.2) is 0 Å². The summed E-state index contributed by atoms with van der Waals surface area (Å²) in [6.07, 6.45) is 6.33. The first-order chi connectivity index (χ1) is 9.17. The van der Waals surface area contributed by atoms with E-state index in [0.29, 0.717) is 5.92 Å². The summed E-state index contributed by atoms with van der Waals surface area (Å²) in [4.78, 5) is 0. The Hall–Kier alpha value is -0.930. The van der Waals surface area contributed by atoms with Crippen LogP contribution in [-0.2, 0) is 0 Å². The van der Waals surface area contributed by atoms with Crippen molar-refractivity contribution in [2.75, 3.05) is 14.2 Å². The third kappa shape index (κ3) is 3.58. The molecule has 0 saturated heterocycles. The van der Waals surface area contributed by atoms with Gasteiger partial charge in [-0.05, 0) is 43.4 Å². The van der Waals surface area contributed by atoms with E-state index in [1.807, 2.05) is 19.1 Å². The molecule has 1 aromatic carbocycles. The van der Waals surface area contributed by atoms with E-state index in [1.54, 1.807) is 14.2 Å². The molecule has 114 valence electrons. The van der Waals surface area contributed by atoms with Crippen molar-refractivity contribution in [1.82, 2.24) is 0 Å². The molecule has 3 nitrogen and oxygen atoms in total. The Morgan fingerprint density at radius 1 is 1.05 bits per heavy atom. The van der Waals surface area contributed by atoms with Crippen molar-refractivity contribution in [1.29, 1.82) is 0 Å². The molecule has 2 N–H and O–H groups in total. The fourth-order valence-electron chi connectivity index (χ4n) is 3.13. The molecule has 1 aliphatic carbocycles. The largest absolute Gasteiger partial charge is 0.496 e. The molecule has 2 rings (SSSR count). The Balaban J connectivity index is 0.00000200. The fourth-order valence-corrected chi connectivity index (χ4v) is 3.13. The van der Waals surface area contributed by atoms with Crippen molar-refractivity contribution in [2.45, 2.75) is 45.1 Å². The fraction of sp³-hybridized carbons (Fsp3) is 0.625. The van der Waals surface area contributed by atoms with Crippen LogP contribution in [0.2, 0.25) is 0 Å². The molecule has 0 spiro atoms. The Morgan fingerprint density at radius 3 is 2.00 bits per heavy atom. The molecule has 1 fully saturated rings. The number of nitrogens with two attached hydrogens (primary N) is 1. The number of rotatable bonds is 4. The molecule has 0 heterocycles. The van der Waals surface area contributed by atoms with Crippen molar-refractivity contribution < 1.29 is 9.47 Å². The summed E-state index contributed by atoms with van der Waals surface area (Å²) in [6.45, 7) is 2.04. The zero-order chi connectivity index (χ0) is 13.8. The number of hydrogen-bond acceptors (Lipinski definition) is 3. The van der Waals surface area contributed by atoms with Gasteiger partial charge in [-0.3, -0.25) is 0 Å². The van der Waals surface area contributed by atoms with Crippen LogP contribution >= 0.6 is 12.4 Å². The van der Waals surface area contributed by atoms with Gasteiger partial charge in [-0.2, -0.15) is 0 Å². The maximum Gasteiger partial charge on any atom is 0.127 e. The van der Waals surface area contributed by atoms with Crippen molar-refractivity contribution in [2.24, 2.45) is 11.7 Å². The minimum absolute atomic E-state index is 0. The molecule has 1 atom stereocenters. The van der Waals surface area contributed by atoms with Crippen LogP contribution < -0.4 is 15.2 Å². The lowest BCUT2D eigenvalue weighted by Crippen LogP contribution is -2.24. The SMILES string of the molecule is COc1cc(C)cc(OC)c1[C@@H](N)C1CCCCC1.Cl. The van der Waals surface area contributed by atoms with Crippen LogP contribution in [0.1, 0.15) is 49.3 Å². The van der Waals surface area contributed by atoms with Gasteiger partial charge in [0.15, 0.2) is 0 Å². The molecule has 0 aromatic heterocycles. The first-order valence-electron chi connectivity index (χ1n) is 7.15. The second-order valence-electron chi connectivity index (χ2n) is 5.51. The van der Waals surface area contributed by atoms with Crippen LogP contribution in [0, 0.1) is 12.8 Å². The maximum atomic E-state index is 6.51. The normalized spacial score (nSPS) is 17.2. The zero-order valence-electron chi connectivity index (χ0n) is 12.6. The van der Waals surface area contributed by atoms with Gasteiger partial charge in [0.05, 0.1) is 19.8 Å². The van der Waals surface area contributed by atoms with E-state index in [2.05, 4.69) is 0 Å². The standard InChI is InChI=1S/C16H25NO2.ClH/c1-11-9-13(18-2)15(14(10-11)19-3)16(17)12-7-5-4-6-8-12;/h9-10,12,16H,4-8,17H2,1-3H3;1H/t16-;/m0./s1. The van der Waals surface area contributed by atoms with Gasteiger partial charge in [-0.1, -0.05) is 19.3 Å². The van der Waals surface area contributed by atoms with Crippen LogP contribution in [0.4, 0.5) is 0 Å². The second kappa shape index (κ2) is 7.75.